The average Bonchev–Trinajstić information content (AvgIpc) is 3.28. The van der Waals surface area contributed by atoms with E-state index in [0.29, 0.717) is 23.9 Å². The van der Waals surface area contributed by atoms with Gasteiger partial charge in [-0.2, -0.15) is 0 Å². The van der Waals surface area contributed by atoms with Crippen LogP contribution >= 0.6 is 7.82 Å². The Morgan fingerprint density at radius 1 is 0.552 bits per heavy atom. The van der Waals surface area contributed by atoms with Crippen molar-refractivity contribution in [2.45, 2.75) is 238 Å². The Kier molecular flexibility index (Phi) is 45.3. The Hall–Kier alpha value is -2.55. The molecule has 0 aromatic rings. The summed E-state index contributed by atoms with van der Waals surface area (Å²) in [7, 11) is 1.47. The van der Waals surface area contributed by atoms with Crippen molar-refractivity contribution < 1.29 is 37.3 Å². The zero-order valence-electron chi connectivity index (χ0n) is 44.1. The van der Waals surface area contributed by atoms with E-state index in [1.165, 1.54) is 77.0 Å². The number of nitrogens with zero attached hydrogens (tertiary/aromatic N) is 1. The number of carbonyl (C=O) groups excluding carboxylic acids is 2. The molecule has 1 amide bonds. The summed E-state index contributed by atoms with van der Waals surface area (Å²) in [5.74, 6) is -0.549. The highest BCUT2D eigenvalue weighted by atomic mass is 31.2. The first-order valence-electron chi connectivity index (χ1n) is 27.3. The summed E-state index contributed by atoms with van der Waals surface area (Å²) in [4.78, 5) is 37.5. The van der Waals surface area contributed by atoms with E-state index in [1.807, 2.05) is 33.3 Å². The van der Waals surface area contributed by atoms with Gasteiger partial charge in [0.1, 0.15) is 19.3 Å². The number of allylic oxidation sites excluding steroid dienone is 11. The van der Waals surface area contributed by atoms with Crippen LogP contribution < -0.4 is 5.32 Å². The molecule has 0 radical (unpaired) electrons. The van der Waals surface area contributed by atoms with Gasteiger partial charge in [-0.05, 0) is 89.5 Å². The molecule has 0 aromatic carbocycles. The average molecular weight is 960 g/mol. The minimum Gasteiger partial charge on any atom is -0.456 e. The molecule has 0 heterocycles. The number of ether oxygens (including phenoxy) is 1. The van der Waals surface area contributed by atoms with Crippen LogP contribution in [0.3, 0.4) is 0 Å². The fourth-order valence-corrected chi connectivity index (χ4v) is 8.15. The van der Waals surface area contributed by atoms with Gasteiger partial charge in [-0.15, -0.1) is 0 Å². The Morgan fingerprint density at radius 3 is 1.55 bits per heavy atom. The molecule has 67 heavy (non-hydrogen) atoms. The van der Waals surface area contributed by atoms with Gasteiger partial charge in [0.15, 0.2) is 0 Å². The minimum atomic E-state index is -4.45. The van der Waals surface area contributed by atoms with Crippen LogP contribution in [0.4, 0.5) is 0 Å². The quantitative estimate of drug-likeness (QED) is 0.0156. The molecule has 3 unspecified atom stereocenters. The first-order chi connectivity index (χ1) is 32.4. The molecule has 0 spiro atoms. The van der Waals surface area contributed by atoms with Gasteiger partial charge < -0.3 is 19.4 Å². The fraction of sp³-hybridized carbons (Fsp3) is 0.754. The SMILES string of the molecule is CC/C=C/C/C=C/C/C=C/CCCCCCC(=O)OC(/C=C/CCCCCCCCCCCC)C(COP(=O)(O)OCC[N+](C)(C)C)NC(=O)CCCCCCCC/C=C/C=C/CCCCC. The zero-order chi connectivity index (χ0) is 49.4. The molecule has 0 bridgehead atoms. The molecule has 0 aliphatic carbocycles. The molecular formula is C57H104N2O7P+. The number of rotatable bonds is 48. The predicted molar refractivity (Wildman–Crippen MR) is 286 cm³/mol. The van der Waals surface area contributed by atoms with Crippen LogP contribution in [-0.4, -0.2) is 74.3 Å². The lowest BCUT2D eigenvalue weighted by Crippen LogP contribution is -2.47. The van der Waals surface area contributed by atoms with E-state index in [1.54, 1.807) is 0 Å². The predicted octanol–water partition coefficient (Wildman–Crippen LogP) is 16.1. The van der Waals surface area contributed by atoms with Gasteiger partial charge in [0.05, 0.1) is 33.8 Å². The van der Waals surface area contributed by atoms with E-state index in [9.17, 15) is 19.0 Å². The van der Waals surface area contributed by atoms with Crippen LogP contribution in [0.15, 0.2) is 72.9 Å². The molecule has 0 aliphatic heterocycles. The van der Waals surface area contributed by atoms with Gasteiger partial charge in [-0.1, -0.05) is 197 Å². The molecule has 3 atom stereocenters. The van der Waals surface area contributed by atoms with Crippen LogP contribution in [0.5, 0.6) is 0 Å². The second-order valence-corrected chi connectivity index (χ2v) is 20.9. The second kappa shape index (κ2) is 47.1. The summed E-state index contributed by atoms with van der Waals surface area (Å²) < 4.78 is 30.5. The topological polar surface area (TPSA) is 111 Å². The van der Waals surface area contributed by atoms with Crippen molar-refractivity contribution in [1.29, 1.82) is 0 Å². The molecule has 0 aliphatic rings. The van der Waals surface area contributed by atoms with Crippen molar-refractivity contribution in [3.63, 3.8) is 0 Å². The van der Waals surface area contributed by atoms with Gasteiger partial charge in [-0.3, -0.25) is 18.6 Å². The standard InChI is InChI=1S/C57H103N2O7P/c1-7-10-13-16-19-22-25-28-30-31-34-37-40-43-46-49-56(60)58-54(53-65-67(62,63)64-52-51-59(4,5)6)55(48-45-42-39-36-33-27-24-21-18-15-12-9-3)66-57(61)50-47-44-41-38-35-32-29-26-23-20-17-14-11-8-2/h11,14,19-20,22-23,25,28-29,32,45,48,54-55H,7-10,12-13,15-18,21,24,26-27,30-31,33-44,46-47,49-53H2,1-6H3,(H-,58,60,62,63)/p+1/b14-11+,22-19+,23-20+,28-25+,32-29+,48-45+. The van der Waals surface area contributed by atoms with E-state index < -0.39 is 20.0 Å². The first kappa shape index (κ1) is 64.5. The molecule has 2 N–H and O–H groups in total. The number of carbonyl (C=O) groups is 2. The van der Waals surface area contributed by atoms with Gasteiger partial charge in [-0.25, -0.2) is 4.57 Å². The summed E-state index contributed by atoms with van der Waals surface area (Å²) in [5, 5.41) is 3.03. The monoisotopic (exact) mass is 960 g/mol. The van der Waals surface area contributed by atoms with Crippen molar-refractivity contribution in [1.82, 2.24) is 5.32 Å². The zero-order valence-corrected chi connectivity index (χ0v) is 45.0. The molecule has 0 rings (SSSR count). The Bertz CT molecular complexity index is 1380. The number of esters is 1. The summed E-state index contributed by atoms with van der Waals surface area (Å²) in [6.07, 6.45) is 58.9. The minimum absolute atomic E-state index is 0.0313. The molecule has 0 aromatic heterocycles. The van der Waals surface area contributed by atoms with Crippen LogP contribution in [0.1, 0.15) is 226 Å². The van der Waals surface area contributed by atoms with Crippen LogP contribution in [0.2, 0.25) is 0 Å². The van der Waals surface area contributed by atoms with E-state index in [-0.39, 0.29) is 31.5 Å². The molecule has 0 saturated heterocycles. The lowest BCUT2D eigenvalue weighted by atomic mass is 10.0. The molecule has 0 fully saturated rings. The number of amides is 1. The highest BCUT2D eigenvalue weighted by Gasteiger charge is 2.30. The van der Waals surface area contributed by atoms with E-state index in [0.717, 1.165) is 109 Å². The van der Waals surface area contributed by atoms with E-state index >= 15 is 0 Å². The maximum atomic E-state index is 13.5. The van der Waals surface area contributed by atoms with Crippen molar-refractivity contribution in [2.24, 2.45) is 0 Å². The molecular weight excluding hydrogens is 856 g/mol. The third kappa shape index (κ3) is 48.3. The maximum Gasteiger partial charge on any atom is 0.472 e. The van der Waals surface area contributed by atoms with Crippen molar-refractivity contribution >= 4 is 19.7 Å². The lowest BCUT2D eigenvalue weighted by Gasteiger charge is -2.27. The molecule has 9 nitrogen and oxygen atoms in total. The number of quaternary nitrogens is 1. The van der Waals surface area contributed by atoms with Crippen LogP contribution in [0, 0.1) is 0 Å². The highest BCUT2D eigenvalue weighted by Crippen LogP contribution is 2.43. The third-order valence-electron chi connectivity index (χ3n) is 11.7. The lowest BCUT2D eigenvalue weighted by molar-refractivity contribution is -0.870. The number of hydrogen-bond acceptors (Lipinski definition) is 6. The summed E-state index contributed by atoms with van der Waals surface area (Å²) in [6, 6.07) is -0.864. The summed E-state index contributed by atoms with van der Waals surface area (Å²) >= 11 is 0. The third-order valence-corrected chi connectivity index (χ3v) is 12.6. The number of phosphoric ester groups is 1. The van der Waals surface area contributed by atoms with Gasteiger partial charge in [0.2, 0.25) is 5.91 Å². The fourth-order valence-electron chi connectivity index (χ4n) is 7.41. The highest BCUT2D eigenvalue weighted by molar-refractivity contribution is 7.47. The van der Waals surface area contributed by atoms with Gasteiger partial charge in [0, 0.05) is 12.8 Å². The molecule has 0 saturated carbocycles. The van der Waals surface area contributed by atoms with Crippen LogP contribution in [-0.2, 0) is 27.9 Å². The van der Waals surface area contributed by atoms with E-state index in [2.05, 4.69) is 86.8 Å². The van der Waals surface area contributed by atoms with Gasteiger partial charge >= 0.3 is 13.8 Å². The number of nitrogens with one attached hydrogen (secondary N) is 1. The largest absolute Gasteiger partial charge is 0.472 e. The summed E-state index contributed by atoms with van der Waals surface area (Å²) in [5.41, 5.74) is 0. The maximum absolute atomic E-state index is 13.5. The molecule has 388 valence electrons. The van der Waals surface area contributed by atoms with Crippen molar-refractivity contribution in [3.8, 4) is 0 Å². The Balaban J connectivity index is 5.46. The van der Waals surface area contributed by atoms with Gasteiger partial charge in [0.25, 0.3) is 0 Å². The van der Waals surface area contributed by atoms with Crippen LogP contribution in [0.25, 0.3) is 0 Å². The number of likely N-dealkylation sites (N-methyl/N-ethyl adjacent to an activating group) is 1. The number of phosphoric acid groups is 1. The molecule has 10 heteroatoms. The second-order valence-electron chi connectivity index (χ2n) is 19.4. The smallest absolute Gasteiger partial charge is 0.456 e. The Morgan fingerprint density at radius 2 is 1.00 bits per heavy atom. The van der Waals surface area contributed by atoms with E-state index in [4.69, 9.17) is 13.8 Å². The number of unbranched alkanes of at least 4 members (excludes halogenated alkanes) is 23. The number of hydrogen-bond donors (Lipinski definition) is 2. The van der Waals surface area contributed by atoms with Crippen molar-refractivity contribution in [2.75, 3.05) is 40.9 Å². The normalized spacial score (nSPS) is 14.4. The summed E-state index contributed by atoms with van der Waals surface area (Å²) in [6.45, 7) is 6.82. The Labute approximate surface area is 413 Å². The van der Waals surface area contributed by atoms with Crippen molar-refractivity contribution in [3.05, 3.63) is 72.9 Å². The first-order valence-corrected chi connectivity index (χ1v) is 28.8.